The predicted octanol–water partition coefficient (Wildman–Crippen LogP) is 2.40. The van der Waals surface area contributed by atoms with Crippen LogP contribution >= 0.6 is 0 Å². The molecule has 0 spiro atoms. The molecule has 1 aromatic carbocycles. The van der Waals surface area contributed by atoms with Crippen LogP contribution in [0.1, 0.15) is 44.5 Å². The molecule has 0 fully saturated rings. The second kappa shape index (κ2) is 8.32. The third kappa shape index (κ3) is 5.68. The zero-order valence-electron chi connectivity index (χ0n) is 13.7. The molecule has 2 amide bonds. The molecule has 5 nitrogen and oxygen atoms in total. The van der Waals surface area contributed by atoms with E-state index < -0.39 is 0 Å². The third-order valence-electron chi connectivity index (χ3n) is 3.22. The van der Waals surface area contributed by atoms with Crippen molar-refractivity contribution in [1.82, 2.24) is 5.32 Å². The molecule has 1 N–H and O–H groups in total. The standard InChI is InChI=1S/C17H24N2O3/c1-12(2)11-17(22)18-9-10-19(14(4)21)16-7-5-15(6-8-16)13(3)20/h5-8,12H,9-11H2,1-4H3,(H,18,22). The van der Waals surface area contributed by atoms with E-state index in [2.05, 4.69) is 5.32 Å². The Bertz CT molecular complexity index is 535. The summed E-state index contributed by atoms with van der Waals surface area (Å²) in [5.74, 6) is 0.184. The molecule has 0 atom stereocenters. The summed E-state index contributed by atoms with van der Waals surface area (Å²) < 4.78 is 0. The van der Waals surface area contributed by atoms with Gasteiger partial charge in [0.25, 0.3) is 0 Å². The second-order valence-electron chi connectivity index (χ2n) is 5.72. The summed E-state index contributed by atoms with van der Waals surface area (Å²) in [6, 6.07) is 6.89. The Morgan fingerprint density at radius 1 is 1.09 bits per heavy atom. The second-order valence-corrected chi connectivity index (χ2v) is 5.72. The van der Waals surface area contributed by atoms with Gasteiger partial charge in [0.15, 0.2) is 5.78 Å². The van der Waals surface area contributed by atoms with Crippen molar-refractivity contribution in [3.05, 3.63) is 29.8 Å². The van der Waals surface area contributed by atoms with Crippen LogP contribution in [0.2, 0.25) is 0 Å². The van der Waals surface area contributed by atoms with E-state index in [1.54, 1.807) is 29.2 Å². The normalized spacial score (nSPS) is 10.4. The fraction of sp³-hybridized carbons (Fsp3) is 0.471. The molecule has 0 aliphatic heterocycles. The van der Waals surface area contributed by atoms with Gasteiger partial charge in [0.1, 0.15) is 0 Å². The Hall–Kier alpha value is -2.17. The smallest absolute Gasteiger partial charge is 0.223 e. The molecule has 0 saturated heterocycles. The van der Waals surface area contributed by atoms with Crippen LogP contribution in [-0.2, 0) is 9.59 Å². The van der Waals surface area contributed by atoms with Crippen molar-refractivity contribution in [2.24, 2.45) is 5.92 Å². The first-order valence-corrected chi connectivity index (χ1v) is 7.47. The van der Waals surface area contributed by atoms with Gasteiger partial charge < -0.3 is 10.2 Å². The first-order valence-electron chi connectivity index (χ1n) is 7.47. The summed E-state index contributed by atoms with van der Waals surface area (Å²) in [4.78, 5) is 36.2. The first kappa shape index (κ1) is 17.9. The molecule has 0 aromatic heterocycles. The van der Waals surface area contributed by atoms with Crippen LogP contribution in [0, 0.1) is 5.92 Å². The van der Waals surface area contributed by atoms with E-state index in [1.807, 2.05) is 13.8 Å². The van der Waals surface area contributed by atoms with E-state index in [1.165, 1.54) is 13.8 Å². The number of hydrogen-bond acceptors (Lipinski definition) is 3. The molecule has 22 heavy (non-hydrogen) atoms. The van der Waals surface area contributed by atoms with Crippen LogP contribution < -0.4 is 10.2 Å². The zero-order chi connectivity index (χ0) is 16.7. The molecule has 0 aliphatic rings. The van der Waals surface area contributed by atoms with Gasteiger partial charge in [0, 0.05) is 37.7 Å². The molecule has 0 bridgehead atoms. The lowest BCUT2D eigenvalue weighted by molar-refractivity contribution is -0.122. The number of nitrogens with one attached hydrogen (secondary N) is 1. The number of nitrogens with zero attached hydrogens (tertiary/aromatic N) is 1. The van der Waals surface area contributed by atoms with Gasteiger partial charge in [-0.05, 0) is 37.1 Å². The fourth-order valence-corrected chi connectivity index (χ4v) is 2.09. The third-order valence-corrected chi connectivity index (χ3v) is 3.22. The molecule has 0 saturated carbocycles. The average molecular weight is 304 g/mol. The minimum absolute atomic E-state index is 0.00886. The largest absolute Gasteiger partial charge is 0.354 e. The molecular weight excluding hydrogens is 280 g/mol. The highest BCUT2D eigenvalue weighted by Crippen LogP contribution is 2.15. The van der Waals surface area contributed by atoms with Crippen LogP contribution in [0.5, 0.6) is 0 Å². The molecule has 0 radical (unpaired) electrons. The van der Waals surface area contributed by atoms with Gasteiger partial charge in [-0.3, -0.25) is 14.4 Å². The van der Waals surface area contributed by atoms with E-state index in [-0.39, 0.29) is 17.6 Å². The van der Waals surface area contributed by atoms with Crippen molar-refractivity contribution in [2.75, 3.05) is 18.0 Å². The molecular formula is C17H24N2O3. The minimum atomic E-state index is -0.103. The van der Waals surface area contributed by atoms with Crippen LogP contribution in [0.4, 0.5) is 5.69 Å². The summed E-state index contributed by atoms with van der Waals surface area (Å²) >= 11 is 0. The van der Waals surface area contributed by atoms with Gasteiger partial charge in [-0.15, -0.1) is 0 Å². The van der Waals surface area contributed by atoms with Crippen LogP contribution in [-0.4, -0.2) is 30.7 Å². The SMILES string of the molecule is CC(=O)c1ccc(N(CCNC(=O)CC(C)C)C(C)=O)cc1. The van der Waals surface area contributed by atoms with E-state index in [4.69, 9.17) is 0 Å². The molecule has 5 heteroatoms. The van der Waals surface area contributed by atoms with Gasteiger partial charge in [0.2, 0.25) is 11.8 Å². The number of carbonyl (C=O) groups excluding carboxylic acids is 3. The van der Waals surface area contributed by atoms with Gasteiger partial charge in [-0.2, -0.15) is 0 Å². The van der Waals surface area contributed by atoms with Gasteiger partial charge in [-0.25, -0.2) is 0 Å². The molecule has 1 rings (SSSR count). The van der Waals surface area contributed by atoms with Crippen LogP contribution in [0.15, 0.2) is 24.3 Å². The minimum Gasteiger partial charge on any atom is -0.354 e. The highest BCUT2D eigenvalue weighted by molar-refractivity contribution is 5.96. The Balaban J connectivity index is 2.64. The van der Waals surface area contributed by atoms with Gasteiger partial charge in [-0.1, -0.05) is 13.8 Å². The van der Waals surface area contributed by atoms with Gasteiger partial charge in [0.05, 0.1) is 0 Å². The summed E-state index contributed by atoms with van der Waals surface area (Å²) in [7, 11) is 0. The Morgan fingerprint density at radius 2 is 1.68 bits per heavy atom. The lowest BCUT2D eigenvalue weighted by Crippen LogP contribution is -2.37. The average Bonchev–Trinajstić information content (AvgIpc) is 2.42. The topological polar surface area (TPSA) is 66.5 Å². The maximum Gasteiger partial charge on any atom is 0.223 e. The van der Waals surface area contributed by atoms with E-state index >= 15 is 0 Å². The summed E-state index contributed by atoms with van der Waals surface area (Å²) in [6.45, 7) is 7.76. The van der Waals surface area contributed by atoms with Crippen molar-refractivity contribution in [1.29, 1.82) is 0 Å². The Labute approximate surface area is 131 Å². The number of rotatable bonds is 7. The van der Waals surface area contributed by atoms with Crippen molar-refractivity contribution in [2.45, 2.75) is 34.1 Å². The number of amides is 2. The molecule has 0 aliphatic carbocycles. The van der Waals surface area contributed by atoms with Crippen LogP contribution in [0.25, 0.3) is 0 Å². The predicted molar refractivity (Wildman–Crippen MR) is 86.9 cm³/mol. The number of carbonyl (C=O) groups is 3. The Kier molecular flexibility index (Phi) is 6.76. The highest BCUT2D eigenvalue weighted by Gasteiger charge is 2.12. The number of hydrogen-bond donors (Lipinski definition) is 1. The fourth-order valence-electron chi connectivity index (χ4n) is 2.09. The van der Waals surface area contributed by atoms with Crippen molar-refractivity contribution < 1.29 is 14.4 Å². The summed E-state index contributed by atoms with van der Waals surface area (Å²) in [5, 5.41) is 2.81. The molecule has 0 unspecified atom stereocenters. The van der Waals surface area contributed by atoms with Crippen molar-refractivity contribution >= 4 is 23.3 Å². The monoisotopic (exact) mass is 304 g/mol. The molecule has 1 aromatic rings. The van der Waals surface area contributed by atoms with Crippen molar-refractivity contribution in [3.8, 4) is 0 Å². The number of Topliss-reactive ketones (excluding diaryl/α,β-unsaturated/α-hetero) is 1. The van der Waals surface area contributed by atoms with Crippen molar-refractivity contribution in [3.63, 3.8) is 0 Å². The maximum absolute atomic E-state index is 11.8. The van der Waals surface area contributed by atoms with E-state index in [0.29, 0.717) is 31.0 Å². The summed E-state index contributed by atoms with van der Waals surface area (Å²) in [5.41, 5.74) is 1.33. The van der Waals surface area contributed by atoms with Gasteiger partial charge >= 0.3 is 0 Å². The Morgan fingerprint density at radius 3 is 2.14 bits per heavy atom. The highest BCUT2D eigenvalue weighted by atomic mass is 16.2. The quantitative estimate of drug-likeness (QED) is 0.787. The maximum atomic E-state index is 11.8. The molecule has 0 heterocycles. The van der Waals surface area contributed by atoms with E-state index in [0.717, 1.165) is 5.69 Å². The lowest BCUT2D eigenvalue weighted by atomic mass is 10.1. The number of anilines is 1. The zero-order valence-corrected chi connectivity index (χ0v) is 13.7. The lowest BCUT2D eigenvalue weighted by Gasteiger charge is -2.21. The number of ketones is 1. The molecule has 120 valence electrons. The number of benzene rings is 1. The summed E-state index contributed by atoms with van der Waals surface area (Å²) in [6.07, 6.45) is 0.480. The first-order chi connectivity index (χ1) is 10.3. The van der Waals surface area contributed by atoms with Crippen LogP contribution in [0.3, 0.4) is 0 Å². The van der Waals surface area contributed by atoms with E-state index in [9.17, 15) is 14.4 Å².